The van der Waals surface area contributed by atoms with Crippen LogP contribution in [0.5, 0.6) is 0 Å². The summed E-state index contributed by atoms with van der Waals surface area (Å²) >= 11 is 1.35. The molecule has 1 atom stereocenters. The van der Waals surface area contributed by atoms with Crippen LogP contribution in [0.3, 0.4) is 0 Å². The van der Waals surface area contributed by atoms with Gasteiger partial charge in [0.15, 0.2) is 5.13 Å². The number of carbonyl (C=O) groups excluding carboxylic acids is 1. The maximum absolute atomic E-state index is 12.0. The third kappa shape index (κ3) is 4.25. The van der Waals surface area contributed by atoms with E-state index >= 15 is 0 Å². The maximum Gasteiger partial charge on any atom is 0.321 e. The number of urea groups is 1. The lowest BCUT2D eigenvalue weighted by Gasteiger charge is -2.28. The molecule has 2 rings (SSSR count). The van der Waals surface area contributed by atoms with Gasteiger partial charge in [-0.3, -0.25) is 10.3 Å². The van der Waals surface area contributed by atoms with E-state index in [1.807, 2.05) is 31.4 Å². The van der Waals surface area contributed by atoms with Gasteiger partial charge in [0, 0.05) is 23.3 Å². The molecule has 0 fully saturated rings. The Morgan fingerprint density at radius 2 is 2.32 bits per heavy atom. The van der Waals surface area contributed by atoms with Gasteiger partial charge in [0.05, 0.1) is 17.8 Å². The van der Waals surface area contributed by atoms with Crippen molar-refractivity contribution in [3.8, 4) is 11.3 Å². The Kier molecular flexibility index (Phi) is 5.46. The zero-order valence-electron chi connectivity index (χ0n) is 12.7. The van der Waals surface area contributed by atoms with Crippen LogP contribution in [0.1, 0.15) is 26.7 Å². The van der Waals surface area contributed by atoms with Gasteiger partial charge in [-0.05, 0) is 25.5 Å². The Balaban J connectivity index is 1.99. The van der Waals surface area contributed by atoms with Gasteiger partial charge >= 0.3 is 6.03 Å². The Morgan fingerprint density at radius 3 is 2.95 bits per heavy atom. The molecular formula is C15H20N4O2S. The first kappa shape index (κ1) is 16.4. The molecule has 0 spiro atoms. The van der Waals surface area contributed by atoms with E-state index in [2.05, 4.69) is 20.6 Å². The number of nitrogens with one attached hydrogen (secondary N) is 2. The molecule has 22 heavy (non-hydrogen) atoms. The van der Waals surface area contributed by atoms with Crippen LogP contribution in [-0.4, -0.2) is 33.3 Å². The molecule has 0 radical (unpaired) electrons. The molecule has 2 aromatic rings. The number of anilines is 1. The molecule has 2 aromatic heterocycles. The predicted octanol–water partition coefficient (Wildman–Crippen LogP) is 2.88. The summed E-state index contributed by atoms with van der Waals surface area (Å²) in [6.45, 7) is 3.72. The second kappa shape index (κ2) is 7.33. The van der Waals surface area contributed by atoms with E-state index in [9.17, 15) is 9.90 Å². The Bertz CT molecular complexity index is 617. The van der Waals surface area contributed by atoms with Gasteiger partial charge in [-0.2, -0.15) is 0 Å². The van der Waals surface area contributed by atoms with Crippen LogP contribution in [-0.2, 0) is 0 Å². The molecule has 3 N–H and O–H groups in total. The van der Waals surface area contributed by atoms with Gasteiger partial charge in [-0.15, -0.1) is 11.3 Å². The third-order valence-electron chi connectivity index (χ3n) is 3.25. The van der Waals surface area contributed by atoms with E-state index in [4.69, 9.17) is 0 Å². The summed E-state index contributed by atoms with van der Waals surface area (Å²) in [7, 11) is 0. The second-order valence-corrected chi connectivity index (χ2v) is 6.19. The SMILES string of the molecule is CCCC(C)(CO)NC(=O)Nc1nc(-c2cccnc2)cs1. The monoisotopic (exact) mass is 320 g/mol. The van der Waals surface area contributed by atoms with Gasteiger partial charge in [0.25, 0.3) is 0 Å². The van der Waals surface area contributed by atoms with Crippen LogP contribution < -0.4 is 10.6 Å². The highest BCUT2D eigenvalue weighted by Crippen LogP contribution is 2.24. The highest BCUT2D eigenvalue weighted by molar-refractivity contribution is 7.14. The lowest BCUT2D eigenvalue weighted by Crippen LogP contribution is -2.50. The second-order valence-electron chi connectivity index (χ2n) is 5.33. The zero-order chi connectivity index (χ0) is 16.0. The summed E-state index contributed by atoms with van der Waals surface area (Å²) in [4.78, 5) is 20.4. The number of hydrogen-bond acceptors (Lipinski definition) is 5. The lowest BCUT2D eigenvalue weighted by molar-refractivity contribution is 0.167. The minimum absolute atomic E-state index is 0.104. The van der Waals surface area contributed by atoms with Crippen molar-refractivity contribution in [2.45, 2.75) is 32.2 Å². The van der Waals surface area contributed by atoms with Gasteiger partial charge in [-0.25, -0.2) is 9.78 Å². The van der Waals surface area contributed by atoms with E-state index in [-0.39, 0.29) is 12.6 Å². The molecule has 2 heterocycles. The van der Waals surface area contributed by atoms with Crippen LogP contribution in [0.15, 0.2) is 29.9 Å². The molecule has 0 aliphatic carbocycles. The minimum Gasteiger partial charge on any atom is -0.394 e. The Labute approximate surface area is 133 Å². The molecule has 0 bridgehead atoms. The standard InChI is InChI=1S/C15H20N4O2S/c1-3-6-15(2,10-20)19-13(21)18-14-17-12(9-22-14)11-5-4-7-16-8-11/h4-5,7-9,20H,3,6,10H2,1-2H3,(H2,17,18,19,21). The Hall–Kier alpha value is -1.99. The van der Waals surface area contributed by atoms with Crippen molar-refractivity contribution in [1.82, 2.24) is 15.3 Å². The molecule has 0 aliphatic rings. The number of aliphatic hydroxyl groups is 1. The average molecular weight is 320 g/mol. The fourth-order valence-electron chi connectivity index (χ4n) is 2.11. The number of amides is 2. The largest absolute Gasteiger partial charge is 0.394 e. The lowest BCUT2D eigenvalue weighted by atomic mass is 9.98. The molecule has 0 saturated carbocycles. The van der Waals surface area contributed by atoms with Gasteiger partial charge in [0.2, 0.25) is 0 Å². The quantitative estimate of drug-likeness (QED) is 0.764. The van der Waals surface area contributed by atoms with E-state index < -0.39 is 5.54 Å². The van der Waals surface area contributed by atoms with Crippen LogP contribution in [0.25, 0.3) is 11.3 Å². The summed E-state index contributed by atoms with van der Waals surface area (Å²) < 4.78 is 0. The normalized spacial score (nSPS) is 13.4. The van der Waals surface area contributed by atoms with E-state index in [0.29, 0.717) is 11.6 Å². The summed E-state index contributed by atoms with van der Waals surface area (Å²) in [5.74, 6) is 0. The number of pyridine rings is 1. The molecule has 0 aromatic carbocycles. The van der Waals surface area contributed by atoms with Crippen molar-refractivity contribution in [2.75, 3.05) is 11.9 Å². The van der Waals surface area contributed by atoms with Crippen LogP contribution >= 0.6 is 11.3 Å². The summed E-state index contributed by atoms with van der Waals surface area (Å²) in [6.07, 6.45) is 5.00. The van der Waals surface area contributed by atoms with E-state index in [1.165, 1.54) is 11.3 Å². The molecule has 1 unspecified atom stereocenters. The first-order chi connectivity index (χ1) is 10.6. The summed E-state index contributed by atoms with van der Waals surface area (Å²) in [5, 5.41) is 17.3. The number of nitrogens with zero attached hydrogens (tertiary/aromatic N) is 2. The average Bonchev–Trinajstić information content (AvgIpc) is 2.96. The van der Waals surface area contributed by atoms with Crippen molar-refractivity contribution in [1.29, 1.82) is 0 Å². The van der Waals surface area contributed by atoms with Crippen LogP contribution in [0, 0.1) is 0 Å². The zero-order valence-corrected chi connectivity index (χ0v) is 13.5. The fourth-order valence-corrected chi connectivity index (χ4v) is 2.83. The van der Waals surface area contributed by atoms with Crippen molar-refractivity contribution in [3.05, 3.63) is 29.9 Å². The molecule has 118 valence electrons. The van der Waals surface area contributed by atoms with Crippen LogP contribution in [0.4, 0.5) is 9.93 Å². The molecular weight excluding hydrogens is 300 g/mol. The molecule has 2 amide bonds. The predicted molar refractivity (Wildman–Crippen MR) is 87.9 cm³/mol. The van der Waals surface area contributed by atoms with Gasteiger partial charge in [0.1, 0.15) is 0 Å². The van der Waals surface area contributed by atoms with Crippen molar-refractivity contribution < 1.29 is 9.90 Å². The summed E-state index contributed by atoms with van der Waals surface area (Å²) in [5.41, 5.74) is 1.05. The molecule has 6 nitrogen and oxygen atoms in total. The first-order valence-corrected chi connectivity index (χ1v) is 8.00. The van der Waals surface area contributed by atoms with Gasteiger partial charge in [-0.1, -0.05) is 13.3 Å². The van der Waals surface area contributed by atoms with Gasteiger partial charge < -0.3 is 10.4 Å². The first-order valence-electron chi connectivity index (χ1n) is 7.12. The molecule has 7 heteroatoms. The van der Waals surface area contributed by atoms with Crippen molar-refractivity contribution >= 4 is 22.5 Å². The van der Waals surface area contributed by atoms with E-state index in [1.54, 1.807) is 12.4 Å². The number of hydrogen-bond donors (Lipinski definition) is 3. The molecule has 0 aliphatic heterocycles. The van der Waals surface area contributed by atoms with Crippen molar-refractivity contribution in [3.63, 3.8) is 0 Å². The molecule has 0 saturated heterocycles. The number of aliphatic hydroxyl groups excluding tert-OH is 1. The third-order valence-corrected chi connectivity index (χ3v) is 4.01. The number of aromatic nitrogens is 2. The van der Waals surface area contributed by atoms with Crippen LogP contribution in [0.2, 0.25) is 0 Å². The Morgan fingerprint density at radius 1 is 1.50 bits per heavy atom. The van der Waals surface area contributed by atoms with E-state index in [0.717, 1.165) is 17.7 Å². The highest BCUT2D eigenvalue weighted by atomic mass is 32.1. The van der Waals surface area contributed by atoms with Crippen molar-refractivity contribution in [2.24, 2.45) is 0 Å². The highest BCUT2D eigenvalue weighted by Gasteiger charge is 2.24. The minimum atomic E-state index is -0.623. The topological polar surface area (TPSA) is 87.1 Å². The smallest absolute Gasteiger partial charge is 0.321 e. The number of carbonyl (C=O) groups is 1. The summed E-state index contributed by atoms with van der Waals surface area (Å²) in [6, 6.07) is 3.39. The number of thiazole rings is 1. The maximum atomic E-state index is 12.0. The number of rotatable bonds is 6. The fraction of sp³-hybridized carbons (Fsp3) is 0.400.